The van der Waals surface area contributed by atoms with Crippen molar-refractivity contribution in [2.75, 3.05) is 0 Å². The first-order valence-electron chi connectivity index (χ1n) is 14.9. The third-order valence-corrected chi connectivity index (χ3v) is 8.17. The molecule has 0 amide bonds. The van der Waals surface area contributed by atoms with E-state index in [1.54, 1.807) is 6.07 Å². The van der Waals surface area contributed by atoms with Crippen LogP contribution in [-0.2, 0) is 0 Å². The molecule has 7 aromatic rings. The van der Waals surface area contributed by atoms with Gasteiger partial charge in [-0.25, -0.2) is 9.37 Å². The predicted molar refractivity (Wildman–Crippen MR) is 175 cm³/mol. The highest BCUT2D eigenvalue weighted by Gasteiger charge is 2.24. The lowest BCUT2D eigenvalue weighted by Gasteiger charge is -2.24. The van der Waals surface area contributed by atoms with Gasteiger partial charge in [-0.15, -0.1) is 0 Å². The standard InChI is InChI=1S/C39H33FN2O/c1-24(2)32-21-28(26-12-6-5-7-13-26)22-33(25(3)4)38(32)42-35-16-10-9-15-34(35)41-39(42)30-18-29(19-31(40)20-30)37-23-27-14-8-11-17-36(27)43-37/h5-25H,1-4H3. The lowest BCUT2D eigenvalue weighted by Crippen LogP contribution is -2.09. The van der Waals surface area contributed by atoms with Gasteiger partial charge in [0, 0.05) is 16.5 Å². The molecule has 212 valence electrons. The van der Waals surface area contributed by atoms with E-state index in [-0.39, 0.29) is 17.7 Å². The molecular weight excluding hydrogens is 531 g/mol. The van der Waals surface area contributed by atoms with E-state index in [0.717, 1.165) is 27.7 Å². The van der Waals surface area contributed by atoms with Crippen LogP contribution in [-0.4, -0.2) is 9.55 Å². The molecular formula is C39H33FN2O. The third kappa shape index (κ3) is 4.83. The molecule has 4 heteroatoms. The zero-order chi connectivity index (χ0) is 29.7. The normalized spacial score (nSPS) is 11.8. The van der Waals surface area contributed by atoms with Gasteiger partial charge in [-0.3, -0.25) is 4.57 Å². The topological polar surface area (TPSA) is 31.0 Å². The molecule has 0 spiro atoms. The molecule has 0 bridgehead atoms. The number of hydrogen-bond donors (Lipinski definition) is 0. The van der Waals surface area contributed by atoms with Crippen molar-refractivity contribution in [1.29, 1.82) is 0 Å². The maximum Gasteiger partial charge on any atom is 0.145 e. The number of para-hydroxylation sites is 3. The van der Waals surface area contributed by atoms with Gasteiger partial charge >= 0.3 is 0 Å². The Morgan fingerprint density at radius 3 is 2.00 bits per heavy atom. The van der Waals surface area contributed by atoms with Crippen molar-refractivity contribution in [3.8, 4) is 39.5 Å². The lowest BCUT2D eigenvalue weighted by atomic mass is 9.88. The average molecular weight is 565 g/mol. The number of furan rings is 1. The second kappa shape index (κ2) is 10.7. The fourth-order valence-corrected chi connectivity index (χ4v) is 6.05. The highest BCUT2D eigenvalue weighted by Crippen LogP contribution is 2.41. The Balaban J connectivity index is 1.51. The Bertz CT molecular complexity index is 2040. The van der Waals surface area contributed by atoms with Gasteiger partial charge in [0.05, 0.1) is 16.7 Å². The number of imidazole rings is 1. The monoisotopic (exact) mass is 564 g/mol. The maximum absolute atomic E-state index is 15.4. The molecule has 0 radical (unpaired) electrons. The van der Waals surface area contributed by atoms with Gasteiger partial charge in [-0.1, -0.05) is 88.4 Å². The van der Waals surface area contributed by atoms with Gasteiger partial charge in [-0.05, 0) is 88.7 Å². The van der Waals surface area contributed by atoms with Crippen molar-refractivity contribution in [3.63, 3.8) is 0 Å². The van der Waals surface area contributed by atoms with Crippen molar-refractivity contribution in [3.05, 3.63) is 132 Å². The van der Waals surface area contributed by atoms with Crippen LogP contribution >= 0.6 is 0 Å². The van der Waals surface area contributed by atoms with Crippen molar-refractivity contribution >= 4 is 22.0 Å². The number of halogens is 1. The van der Waals surface area contributed by atoms with E-state index in [1.165, 1.54) is 28.3 Å². The number of hydrogen-bond acceptors (Lipinski definition) is 2. The summed E-state index contributed by atoms with van der Waals surface area (Å²) in [5, 5.41) is 0.984. The molecule has 0 aliphatic rings. The van der Waals surface area contributed by atoms with Crippen LogP contribution in [0, 0.1) is 5.82 Å². The summed E-state index contributed by atoms with van der Waals surface area (Å²) in [6.07, 6.45) is 0. The summed E-state index contributed by atoms with van der Waals surface area (Å²) in [5.74, 6) is 1.48. The molecule has 2 aromatic heterocycles. The fraction of sp³-hybridized carbons (Fsp3) is 0.154. The van der Waals surface area contributed by atoms with E-state index < -0.39 is 0 Å². The molecule has 0 saturated carbocycles. The number of benzene rings is 5. The Morgan fingerprint density at radius 2 is 1.28 bits per heavy atom. The molecule has 5 aromatic carbocycles. The summed E-state index contributed by atoms with van der Waals surface area (Å²) in [4.78, 5) is 5.13. The first-order valence-corrected chi connectivity index (χ1v) is 14.9. The summed E-state index contributed by atoms with van der Waals surface area (Å²) in [7, 11) is 0. The van der Waals surface area contributed by atoms with Crippen molar-refractivity contribution < 1.29 is 8.81 Å². The zero-order valence-electron chi connectivity index (χ0n) is 24.8. The van der Waals surface area contributed by atoms with Gasteiger partial charge in [0.1, 0.15) is 23.0 Å². The van der Waals surface area contributed by atoms with Crippen LogP contribution in [0.3, 0.4) is 0 Å². The Hall–Kier alpha value is -4.96. The number of aromatic nitrogens is 2. The minimum atomic E-state index is -0.334. The summed E-state index contributed by atoms with van der Waals surface area (Å²) >= 11 is 0. The summed E-state index contributed by atoms with van der Waals surface area (Å²) < 4.78 is 23.8. The lowest BCUT2D eigenvalue weighted by molar-refractivity contribution is 0.618. The number of rotatable bonds is 6. The van der Waals surface area contributed by atoms with E-state index in [4.69, 9.17) is 9.40 Å². The van der Waals surface area contributed by atoms with E-state index in [9.17, 15) is 0 Å². The minimum absolute atomic E-state index is 0.240. The van der Waals surface area contributed by atoms with Crippen LogP contribution in [0.25, 0.3) is 61.5 Å². The van der Waals surface area contributed by atoms with Crippen LogP contribution in [0.2, 0.25) is 0 Å². The van der Waals surface area contributed by atoms with Gasteiger partial charge < -0.3 is 4.42 Å². The second-order valence-electron chi connectivity index (χ2n) is 11.8. The van der Waals surface area contributed by atoms with Crippen molar-refractivity contribution in [1.82, 2.24) is 9.55 Å². The highest BCUT2D eigenvalue weighted by atomic mass is 19.1. The SMILES string of the molecule is CC(C)c1cc(-c2ccccc2)cc(C(C)C)c1-n1c(-c2cc(F)cc(-c3cc4ccccc4o3)c2)nc2ccccc21. The van der Waals surface area contributed by atoms with Crippen LogP contribution in [0.4, 0.5) is 4.39 Å². The molecule has 0 aliphatic heterocycles. The number of nitrogens with zero attached hydrogens (tertiary/aromatic N) is 2. The quantitative estimate of drug-likeness (QED) is 0.201. The molecule has 2 heterocycles. The van der Waals surface area contributed by atoms with E-state index in [0.29, 0.717) is 22.7 Å². The Labute approximate surface area is 251 Å². The first kappa shape index (κ1) is 26.9. The Kier molecular flexibility index (Phi) is 6.70. The smallest absolute Gasteiger partial charge is 0.145 e. The highest BCUT2D eigenvalue weighted by molar-refractivity contribution is 5.87. The molecule has 43 heavy (non-hydrogen) atoms. The molecule has 0 N–H and O–H groups in total. The molecule has 0 saturated heterocycles. The maximum atomic E-state index is 15.4. The molecule has 0 atom stereocenters. The number of fused-ring (bicyclic) bond motifs is 2. The fourth-order valence-electron chi connectivity index (χ4n) is 6.05. The molecule has 0 fully saturated rings. The summed E-state index contributed by atoms with van der Waals surface area (Å²) in [6.45, 7) is 8.94. The van der Waals surface area contributed by atoms with Gasteiger partial charge in [0.15, 0.2) is 0 Å². The van der Waals surface area contributed by atoms with Gasteiger partial charge in [-0.2, -0.15) is 0 Å². The van der Waals surface area contributed by atoms with Crippen molar-refractivity contribution in [2.24, 2.45) is 0 Å². The largest absolute Gasteiger partial charge is 0.456 e. The predicted octanol–water partition coefficient (Wildman–Crippen LogP) is 11.2. The third-order valence-electron chi connectivity index (χ3n) is 8.17. The van der Waals surface area contributed by atoms with E-state index >= 15 is 4.39 Å². The van der Waals surface area contributed by atoms with Gasteiger partial charge in [0.2, 0.25) is 0 Å². The summed E-state index contributed by atoms with van der Waals surface area (Å²) in [6, 6.07) is 38.2. The summed E-state index contributed by atoms with van der Waals surface area (Å²) in [5.41, 5.74) is 9.95. The second-order valence-corrected chi connectivity index (χ2v) is 11.8. The van der Waals surface area contributed by atoms with Crippen LogP contribution in [0.5, 0.6) is 0 Å². The molecule has 7 rings (SSSR count). The van der Waals surface area contributed by atoms with E-state index in [1.807, 2.05) is 60.7 Å². The van der Waals surface area contributed by atoms with Crippen LogP contribution in [0.1, 0.15) is 50.7 Å². The minimum Gasteiger partial charge on any atom is -0.456 e. The average Bonchev–Trinajstić information content (AvgIpc) is 3.63. The zero-order valence-corrected chi connectivity index (χ0v) is 24.8. The first-order chi connectivity index (χ1) is 20.9. The van der Waals surface area contributed by atoms with E-state index in [2.05, 4.69) is 74.7 Å². The van der Waals surface area contributed by atoms with Gasteiger partial charge in [0.25, 0.3) is 0 Å². The van der Waals surface area contributed by atoms with Crippen LogP contribution < -0.4 is 0 Å². The van der Waals surface area contributed by atoms with Crippen molar-refractivity contribution in [2.45, 2.75) is 39.5 Å². The molecule has 3 nitrogen and oxygen atoms in total. The Morgan fingerprint density at radius 1 is 0.628 bits per heavy atom. The molecule has 0 unspecified atom stereocenters. The molecule has 0 aliphatic carbocycles. The van der Waals surface area contributed by atoms with Crippen LogP contribution in [0.15, 0.2) is 120 Å².